The van der Waals surface area contributed by atoms with Gasteiger partial charge in [-0.3, -0.25) is 0 Å². The van der Waals surface area contributed by atoms with Crippen LogP contribution in [0.25, 0.3) is 0 Å². The Bertz CT molecular complexity index is 466. The number of fused-ring (bicyclic) bond motifs is 1. The van der Waals surface area contributed by atoms with Gasteiger partial charge in [0.15, 0.2) is 0 Å². The van der Waals surface area contributed by atoms with E-state index < -0.39 is 0 Å². The zero-order chi connectivity index (χ0) is 13.2. The molecule has 1 fully saturated rings. The van der Waals surface area contributed by atoms with Crippen LogP contribution in [0.2, 0.25) is 0 Å². The number of rotatable bonds is 0. The van der Waals surface area contributed by atoms with Crippen LogP contribution >= 0.6 is 0 Å². The van der Waals surface area contributed by atoms with Crippen molar-refractivity contribution in [2.24, 2.45) is 0 Å². The van der Waals surface area contributed by atoms with Crippen molar-refractivity contribution in [1.82, 2.24) is 14.7 Å². The highest BCUT2D eigenvalue weighted by Gasteiger charge is 2.26. The molecule has 0 radical (unpaired) electrons. The normalized spacial score (nSPS) is 20.3. The largest absolute Gasteiger partial charge is 0.322 e. The molecule has 0 aromatic heterocycles. The third-order valence-corrected chi connectivity index (χ3v) is 4.17. The van der Waals surface area contributed by atoms with Gasteiger partial charge in [0, 0.05) is 39.3 Å². The van der Waals surface area contributed by atoms with Gasteiger partial charge in [-0.2, -0.15) is 0 Å². The first-order valence-electron chi connectivity index (χ1n) is 7.03. The summed E-state index contributed by atoms with van der Waals surface area (Å²) in [6.45, 7) is 5.29. The Hall–Kier alpha value is -1.55. The molecule has 1 aromatic rings. The summed E-state index contributed by atoms with van der Waals surface area (Å²) in [4.78, 5) is 18.8. The van der Waals surface area contributed by atoms with Crippen LogP contribution in [0.1, 0.15) is 11.1 Å². The quantitative estimate of drug-likeness (QED) is 0.704. The van der Waals surface area contributed by atoms with E-state index in [0.29, 0.717) is 0 Å². The zero-order valence-electron chi connectivity index (χ0n) is 11.5. The van der Waals surface area contributed by atoms with Crippen molar-refractivity contribution in [2.75, 3.05) is 39.8 Å². The standard InChI is InChI=1S/C15H21N3O/c1-16-8-10-17(11-9-16)15(19)18-7-6-13-4-2-3-5-14(13)12-18/h2-5H,6-12H2,1H3. The second kappa shape index (κ2) is 5.21. The van der Waals surface area contributed by atoms with E-state index in [1.165, 1.54) is 11.1 Å². The molecule has 4 heteroatoms. The van der Waals surface area contributed by atoms with Crippen molar-refractivity contribution >= 4 is 6.03 Å². The first kappa shape index (κ1) is 12.5. The molecular weight excluding hydrogens is 238 g/mol. The van der Waals surface area contributed by atoms with E-state index in [4.69, 9.17) is 0 Å². The molecule has 2 aliphatic heterocycles. The predicted octanol–water partition coefficient (Wildman–Crippen LogP) is 1.41. The minimum absolute atomic E-state index is 0.211. The molecule has 0 aliphatic carbocycles. The van der Waals surface area contributed by atoms with Crippen molar-refractivity contribution in [3.8, 4) is 0 Å². The lowest BCUT2D eigenvalue weighted by atomic mass is 10.0. The number of piperazine rings is 1. The van der Waals surface area contributed by atoms with E-state index in [2.05, 4.69) is 36.2 Å². The van der Waals surface area contributed by atoms with Gasteiger partial charge in [-0.05, 0) is 24.6 Å². The highest BCUT2D eigenvalue weighted by atomic mass is 16.2. The van der Waals surface area contributed by atoms with E-state index in [9.17, 15) is 4.79 Å². The fourth-order valence-electron chi connectivity index (χ4n) is 2.86. The topological polar surface area (TPSA) is 26.8 Å². The summed E-state index contributed by atoms with van der Waals surface area (Å²) in [5, 5.41) is 0. The third-order valence-electron chi connectivity index (χ3n) is 4.17. The Morgan fingerprint density at radius 1 is 0.947 bits per heavy atom. The summed E-state index contributed by atoms with van der Waals surface area (Å²) >= 11 is 0. The molecule has 4 nitrogen and oxygen atoms in total. The Kier molecular flexibility index (Phi) is 3.42. The average molecular weight is 259 g/mol. The summed E-state index contributed by atoms with van der Waals surface area (Å²) in [5.74, 6) is 0. The third kappa shape index (κ3) is 2.59. The minimum Gasteiger partial charge on any atom is -0.322 e. The molecular formula is C15H21N3O. The van der Waals surface area contributed by atoms with Crippen LogP contribution in [0.3, 0.4) is 0 Å². The Labute approximate surface area is 114 Å². The Morgan fingerprint density at radius 3 is 2.37 bits per heavy atom. The molecule has 2 amide bonds. The SMILES string of the molecule is CN1CCN(C(=O)N2CCc3ccccc3C2)CC1. The van der Waals surface area contributed by atoms with Gasteiger partial charge in [0.25, 0.3) is 0 Å². The van der Waals surface area contributed by atoms with Gasteiger partial charge in [-0.1, -0.05) is 24.3 Å². The van der Waals surface area contributed by atoms with Crippen molar-refractivity contribution in [2.45, 2.75) is 13.0 Å². The molecule has 0 unspecified atom stereocenters. The smallest absolute Gasteiger partial charge is 0.320 e. The molecule has 102 valence electrons. The first-order valence-corrected chi connectivity index (χ1v) is 7.03. The lowest BCUT2D eigenvalue weighted by Crippen LogP contribution is -2.52. The lowest BCUT2D eigenvalue weighted by Gasteiger charge is -2.37. The Morgan fingerprint density at radius 2 is 1.63 bits per heavy atom. The van der Waals surface area contributed by atoms with Gasteiger partial charge in [0.05, 0.1) is 0 Å². The number of carbonyl (C=O) groups is 1. The Balaban J connectivity index is 1.66. The number of nitrogens with zero attached hydrogens (tertiary/aromatic N) is 3. The maximum absolute atomic E-state index is 12.5. The first-order chi connectivity index (χ1) is 9.24. The summed E-state index contributed by atoms with van der Waals surface area (Å²) < 4.78 is 0. The van der Waals surface area contributed by atoms with Crippen molar-refractivity contribution in [3.05, 3.63) is 35.4 Å². The lowest BCUT2D eigenvalue weighted by molar-refractivity contribution is 0.118. The molecule has 0 spiro atoms. The van der Waals surface area contributed by atoms with Gasteiger partial charge in [0.2, 0.25) is 0 Å². The number of hydrogen-bond acceptors (Lipinski definition) is 2. The van der Waals surface area contributed by atoms with E-state index in [1.807, 2.05) is 9.80 Å². The van der Waals surface area contributed by atoms with Gasteiger partial charge in [0.1, 0.15) is 0 Å². The van der Waals surface area contributed by atoms with E-state index >= 15 is 0 Å². The van der Waals surface area contributed by atoms with Gasteiger partial charge < -0.3 is 14.7 Å². The zero-order valence-corrected chi connectivity index (χ0v) is 11.5. The molecule has 1 aromatic carbocycles. The molecule has 2 heterocycles. The van der Waals surface area contributed by atoms with Crippen molar-refractivity contribution in [3.63, 3.8) is 0 Å². The van der Waals surface area contributed by atoms with Crippen LogP contribution in [-0.2, 0) is 13.0 Å². The number of hydrogen-bond donors (Lipinski definition) is 0. The minimum atomic E-state index is 0.211. The molecule has 19 heavy (non-hydrogen) atoms. The maximum atomic E-state index is 12.5. The summed E-state index contributed by atoms with van der Waals surface area (Å²) in [5.41, 5.74) is 2.70. The average Bonchev–Trinajstić information content (AvgIpc) is 2.47. The number of urea groups is 1. The molecule has 3 rings (SSSR count). The maximum Gasteiger partial charge on any atom is 0.320 e. The highest BCUT2D eigenvalue weighted by molar-refractivity contribution is 5.75. The summed E-state index contributed by atoms with van der Waals surface area (Å²) in [7, 11) is 2.11. The van der Waals surface area contributed by atoms with Gasteiger partial charge in [-0.25, -0.2) is 4.79 Å². The van der Waals surface area contributed by atoms with Gasteiger partial charge in [-0.15, -0.1) is 0 Å². The molecule has 2 aliphatic rings. The predicted molar refractivity (Wildman–Crippen MR) is 75.0 cm³/mol. The number of amides is 2. The van der Waals surface area contributed by atoms with E-state index in [-0.39, 0.29) is 6.03 Å². The second-order valence-electron chi connectivity index (χ2n) is 5.51. The molecule has 0 atom stereocenters. The molecule has 0 saturated carbocycles. The van der Waals surface area contributed by atoms with Crippen LogP contribution < -0.4 is 0 Å². The monoisotopic (exact) mass is 259 g/mol. The number of likely N-dealkylation sites (N-methyl/N-ethyl adjacent to an activating group) is 1. The van der Waals surface area contributed by atoms with Crippen LogP contribution in [0.5, 0.6) is 0 Å². The fourth-order valence-corrected chi connectivity index (χ4v) is 2.86. The van der Waals surface area contributed by atoms with Crippen LogP contribution in [-0.4, -0.2) is 60.5 Å². The molecule has 1 saturated heterocycles. The van der Waals surface area contributed by atoms with Crippen molar-refractivity contribution < 1.29 is 4.79 Å². The number of carbonyl (C=O) groups excluding carboxylic acids is 1. The summed E-state index contributed by atoms with van der Waals surface area (Å²) in [6, 6.07) is 8.66. The van der Waals surface area contributed by atoms with Gasteiger partial charge >= 0.3 is 6.03 Å². The number of benzene rings is 1. The molecule has 0 bridgehead atoms. The second-order valence-corrected chi connectivity index (χ2v) is 5.51. The summed E-state index contributed by atoms with van der Waals surface area (Å²) in [6.07, 6.45) is 0.982. The van der Waals surface area contributed by atoms with Crippen molar-refractivity contribution in [1.29, 1.82) is 0 Å². The van der Waals surface area contributed by atoms with Crippen LogP contribution in [0, 0.1) is 0 Å². The van der Waals surface area contributed by atoms with Crippen LogP contribution in [0.15, 0.2) is 24.3 Å². The molecule has 0 N–H and O–H groups in total. The highest BCUT2D eigenvalue weighted by Crippen LogP contribution is 2.19. The fraction of sp³-hybridized carbons (Fsp3) is 0.533. The van der Waals surface area contributed by atoms with E-state index in [1.54, 1.807) is 0 Å². The van der Waals surface area contributed by atoms with Crippen LogP contribution in [0.4, 0.5) is 4.79 Å². The van der Waals surface area contributed by atoms with E-state index in [0.717, 1.165) is 45.7 Å².